The van der Waals surface area contributed by atoms with Crippen LogP contribution in [0.5, 0.6) is 5.88 Å². The number of nitrogens with zero attached hydrogens (tertiary/aromatic N) is 1. The van der Waals surface area contributed by atoms with Crippen molar-refractivity contribution < 1.29 is 9.47 Å². The van der Waals surface area contributed by atoms with Gasteiger partial charge in [-0.15, -0.1) is 0 Å². The number of hydrogen-bond donors (Lipinski definition) is 1. The molecule has 1 saturated heterocycles. The Balaban J connectivity index is 1.90. The summed E-state index contributed by atoms with van der Waals surface area (Å²) in [5.74, 6) is 1.32. The number of nitrogens with one attached hydrogen (secondary N) is 1. The zero-order valence-corrected chi connectivity index (χ0v) is 13.6. The molecule has 2 atom stereocenters. The van der Waals surface area contributed by atoms with Crippen molar-refractivity contribution in [3.8, 4) is 5.88 Å². The molecule has 1 fully saturated rings. The molecule has 0 radical (unpaired) electrons. The van der Waals surface area contributed by atoms with Gasteiger partial charge in [0, 0.05) is 31.0 Å². The second kappa shape index (κ2) is 7.76. The number of rotatable bonds is 6. The lowest BCUT2D eigenvalue weighted by Crippen LogP contribution is -2.40. The van der Waals surface area contributed by atoms with E-state index >= 15 is 0 Å². The van der Waals surface area contributed by atoms with E-state index in [-0.39, 0.29) is 6.10 Å². The zero-order chi connectivity index (χ0) is 15.2. The Morgan fingerprint density at radius 2 is 2.19 bits per heavy atom. The van der Waals surface area contributed by atoms with E-state index in [9.17, 15) is 0 Å². The molecule has 0 saturated carbocycles. The summed E-state index contributed by atoms with van der Waals surface area (Å²) in [6.45, 7) is 10.1. The van der Waals surface area contributed by atoms with Crippen molar-refractivity contribution in [3.63, 3.8) is 0 Å². The molecule has 1 aliphatic heterocycles. The van der Waals surface area contributed by atoms with Gasteiger partial charge < -0.3 is 14.8 Å². The predicted molar refractivity (Wildman–Crippen MR) is 84.4 cm³/mol. The standard InChI is InChI=1S/C17H28N2O2/c1-12(2)16-10-15(7-9-20-16)19-11-14-6-5-8-18-17(14)21-13(3)4/h5-6,8,12-13,15-16,19H,7,9-11H2,1-4H3. The summed E-state index contributed by atoms with van der Waals surface area (Å²) in [5, 5.41) is 3.64. The fourth-order valence-corrected chi connectivity index (χ4v) is 2.62. The van der Waals surface area contributed by atoms with Gasteiger partial charge >= 0.3 is 0 Å². The van der Waals surface area contributed by atoms with Crippen molar-refractivity contribution in [2.75, 3.05) is 6.61 Å². The van der Waals surface area contributed by atoms with Crippen LogP contribution in [0.3, 0.4) is 0 Å². The molecule has 4 nitrogen and oxygen atoms in total. The van der Waals surface area contributed by atoms with Gasteiger partial charge in [-0.1, -0.05) is 19.9 Å². The average Bonchev–Trinajstić information content (AvgIpc) is 2.46. The first kappa shape index (κ1) is 16.2. The average molecular weight is 292 g/mol. The summed E-state index contributed by atoms with van der Waals surface area (Å²) in [6.07, 6.45) is 4.45. The van der Waals surface area contributed by atoms with Crippen molar-refractivity contribution in [3.05, 3.63) is 23.9 Å². The van der Waals surface area contributed by atoms with Crippen LogP contribution in [0.25, 0.3) is 0 Å². The highest BCUT2D eigenvalue weighted by Gasteiger charge is 2.24. The van der Waals surface area contributed by atoms with Gasteiger partial charge in [-0.2, -0.15) is 0 Å². The van der Waals surface area contributed by atoms with Gasteiger partial charge in [0.2, 0.25) is 5.88 Å². The molecule has 2 unspecified atom stereocenters. The van der Waals surface area contributed by atoms with Gasteiger partial charge in [-0.25, -0.2) is 4.98 Å². The summed E-state index contributed by atoms with van der Waals surface area (Å²) in [7, 11) is 0. The van der Waals surface area contributed by atoms with E-state index in [1.54, 1.807) is 6.20 Å². The Labute approximate surface area is 128 Å². The highest BCUT2D eigenvalue weighted by Crippen LogP contribution is 2.21. The first-order valence-electron chi connectivity index (χ1n) is 8.01. The minimum Gasteiger partial charge on any atom is -0.475 e. The molecule has 21 heavy (non-hydrogen) atoms. The Kier molecular flexibility index (Phi) is 6.00. The summed E-state index contributed by atoms with van der Waals surface area (Å²) in [5.41, 5.74) is 1.12. The Hall–Kier alpha value is -1.13. The Morgan fingerprint density at radius 3 is 2.90 bits per heavy atom. The van der Waals surface area contributed by atoms with Crippen LogP contribution in [-0.2, 0) is 11.3 Å². The van der Waals surface area contributed by atoms with Crippen molar-refractivity contribution in [2.24, 2.45) is 5.92 Å². The fourth-order valence-electron chi connectivity index (χ4n) is 2.62. The van der Waals surface area contributed by atoms with E-state index in [1.165, 1.54) is 0 Å². The van der Waals surface area contributed by atoms with Gasteiger partial charge in [0.05, 0.1) is 12.2 Å². The summed E-state index contributed by atoms with van der Waals surface area (Å²) in [4.78, 5) is 4.34. The normalized spacial score (nSPS) is 22.8. The molecule has 2 heterocycles. The zero-order valence-electron chi connectivity index (χ0n) is 13.6. The third kappa shape index (κ3) is 4.97. The van der Waals surface area contributed by atoms with Gasteiger partial charge in [0.25, 0.3) is 0 Å². The monoisotopic (exact) mass is 292 g/mol. The van der Waals surface area contributed by atoms with Crippen LogP contribution in [0.15, 0.2) is 18.3 Å². The number of pyridine rings is 1. The molecule has 0 amide bonds. The summed E-state index contributed by atoms with van der Waals surface area (Å²) in [6, 6.07) is 4.56. The van der Waals surface area contributed by atoms with Crippen LogP contribution >= 0.6 is 0 Å². The molecule has 0 spiro atoms. The first-order chi connectivity index (χ1) is 10.1. The molecule has 1 aromatic rings. The maximum atomic E-state index is 5.82. The van der Waals surface area contributed by atoms with Crippen molar-refractivity contribution >= 4 is 0 Å². The predicted octanol–water partition coefficient (Wildman–Crippen LogP) is 3.16. The van der Waals surface area contributed by atoms with Crippen LogP contribution in [-0.4, -0.2) is 29.8 Å². The van der Waals surface area contributed by atoms with E-state index in [4.69, 9.17) is 9.47 Å². The van der Waals surface area contributed by atoms with E-state index in [1.807, 2.05) is 19.9 Å². The maximum Gasteiger partial charge on any atom is 0.218 e. The van der Waals surface area contributed by atoms with Crippen LogP contribution in [0.4, 0.5) is 0 Å². The minimum atomic E-state index is 0.145. The molecule has 0 aliphatic carbocycles. The lowest BCUT2D eigenvalue weighted by Gasteiger charge is -2.32. The van der Waals surface area contributed by atoms with E-state index in [0.717, 1.165) is 37.4 Å². The lowest BCUT2D eigenvalue weighted by molar-refractivity contribution is -0.0246. The highest BCUT2D eigenvalue weighted by molar-refractivity contribution is 5.25. The minimum absolute atomic E-state index is 0.145. The quantitative estimate of drug-likeness (QED) is 0.874. The Bertz CT molecular complexity index is 435. The van der Waals surface area contributed by atoms with Crippen molar-refractivity contribution in [1.29, 1.82) is 0 Å². The second-order valence-corrected chi connectivity index (χ2v) is 6.39. The van der Waals surface area contributed by atoms with Gasteiger partial charge in [-0.05, 0) is 38.7 Å². The summed E-state index contributed by atoms with van der Waals surface area (Å²) >= 11 is 0. The Morgan fingerprint density at radius 1 is 1.38 bits per heavy atom. The molecule has 1 aromatic heterocycles. The molecule has 0 aromatic carbocycles. The molecule has 2 rings (SSSR count). The van der Waals surface area contributed by atoms with Gasteiger partial charge in [-0.3, -0.25) is 0 Å². The van der Waals surface area contributed by atoms with Crippen molar-refractivity contribution in [2.45, 2.75) is 65.3 Å². The summed E-state index contributed by atoms with van der Waals surface area (Å²) < 4.78 is 11.6. The van der Waals surface area contributed by atoms with E-state index in [2.05, 4.69) is 30.2 Å². The first-order valence-corrected chi connectivity index (χ1v) is 8.01. The molecule has 118 valence electrons. The molecule has 0 bridgehead atoms. The third-order valence-electron chi connectivity index (χ3n) is 3.84. The van der Waals surface area contributed by atoms with Crippen LogP contribution in [0.1, 0.15) is 46.1 Å². The smallest absolute Gasteiger partial charge is 0.218 e. The van der Waals surface area contributed by atoms with Crippen LogP contribution < -0.4 is 10.1 Å². The number of aromatic nitrogens is 1. The largest absolute Gasteiger partial charge is 0.475 e. The second-order valence-electron chi connectivity index (χ2n) is 6.39. The van der Waals surface area contributed by atoms with Crippen LogP contribution in [0, 0.1) is 5.92 Å². The molecule has 1 N–H and O–H groups in total. The fraction of sp³-hybridized carbons (Fsp3) is 0.706. The highest BCUT2D eigenvalue weighted by atomic mass is 16.5. The van der Waals surface area contributed by atoms with Crippen LogP contribution in [0.2, 0.25) is 0 Å². The topological polar surface area (TPSA) is 43.4 Å². The van der Waals surface area contributed by atoms with E-state index in [0.29, 0.717) is 18.1 Å². The molecule has 1 aliphatic rings. The lowest BCUT2D eigenvalue weighted by atomic mass is 9.95. The third-order valence-corrected chi connectivity index (χ3v) is 3.84. The number of hydrogen-bond acceptors (Lipinski definition) is 4. The van der Waals surface area contributed by atoms with E-state index < -0.39 is 0 Å². The van der Waals surface area contributed by atoms with Gasteiger partial charge in [0.1, 0.15) is 0 Å². The molecule has 4 heteroatoms. The SMILES string of the molecule is CC(C)Oc1ncccc1CNC1CCOC(C(C)C)C1. The maximum absolute atomic E-state index is 5.82. The molecular formula is C17H28N2O2. The van der Waals surface area contributed by atoms with Gasteiger partial charge in [0.15, 0.2) is 0 Å². The number of ether oxygens (including phenoxy) is 2. The van der Waals surface area contributed by atoms with Crippen molar-refractivity contribution in [1.82, 2.24) is 10.3 Å². The molecular weight excluding hydrogens is 264 g/mol.